The minimum Gasteiger partial charge on any atom is -0.439 e. The summed E-state index contributed by atoms with van der Waals surface area (Å²) < 4.78 is 5.84. The predicted molar refractivity (Wildman–Crippen MR) is 99.3 cm³/mol. The van der Waals surface area contributed by atoms with Crippen LogP contribution in [0.3, 0.4) is 0 Å². The zero-order valence-electron chi connectivity index (χ0n) is 14.7. The van der Waals surface area contributed by atoms with Gasteiger partial charge in [0.1, 0.15) is 11.6 Å². The van der Waals surface area contributed by atoms with Gasteiger partial charge in [0, 0.05) is 23.4 Å². The van der Waals surface area contributed by atoms with Crippen LogP contribution < -0.4 is 15.8 Å². The fourth-order valence-corrected chi connectivity index (χ4v) is 3.07. The van der Waals surface area contributed by atoms with Crippen molar-refractivity contribution in [2.75, 3.05) is 5.32 Å². The van der Waals surface area contributed by atoms with Gasteiger partial charge in [-0.1, -0.05) is 6.92 Å². The largest absolute Gasteiger partial charge is 0.439 e. The van der Waals surface area contributed by atoms with Crippen LogP contribution in [0.15, 0.2) is 30.3 Å². The Hall–Kier alpha value is -2.63. The molecule has 0 radical (unpaired) electrons. The first-order chi connectivity index (χ1) is 12.0. The quantitative estimate of drug-likeness (QED) is 0.568. The molecule has 6 nitrogen and oxygen atoms in total. The standard InChI is InChI=1S/C19H25N5O/c1-12-3-7-15(8-4-12)23-19-22-13(2)11-17(24-19)25-16-9-5-14(6-10-16)18(20)21/h5-6,9-12,15H,3-4,7-8H2,1-2H3,(H3,20,21)(H,22,23,24). The van der Waals surface area contributed by atoms with Crippen molar-refractivity contribution in [3.8, 4) is 11.6 Å². The second-order valence-corrected chi connectivity index (χ2v) is 6.81. The maximum atomic E-state index is 7.43. The minimum atomic E-state index is 0.0396. The van der Waals surface area contributed by atoms with E-state index < -0.39 is 0 Å². The van der Waals surface area contributed by atoms with Crippen LogP contribution in [0.4, 0.5) is 5.95 Å². The summed E-state index contributed by atoms with van der Waals surface area (Å²) in [5.41, 5.74) is 6.99. The van der Waals surface area contributed by atoms with Crippen LogP contribution in [0.2, 0.25) is 0 Å². The summed E-state index contributed by atoms with van der Waals surface area (Å²) in [6, 6.07) is 9.32. The van der Waals surface area contributed by atoms with Crippen molar-refractivity contribution in [3.63, 3.8) is 0 Å². The van der Waals surface area contributed by atoms with Crippen molar-refractivity contribution in [2.45, 2.75) is 45.6 Å². The highest BCUT2D eigenvalue weighted by Crippen LogP contribution is 2.26. The topological polar surface area (TPSA) is 96.9 Å². The fourth-order valence-electron chi connectivity index (χ4n) is 3.07. The summed E-state index contributed by atoms with van der Waals surface area (Å²) in [4.78, 5) is 8.97. The van der Waals surface area contributed by atoms with Gasteiger partial charge < -0.3 is 15.8 Å². The van der Waals surface area contributed by atoms with Crippen molar-refractivity contribution in [1.29, 1.82) is 5.41 Å². The van der Waals surface area contributed by atoms with Gasteiger partial charge in [0.25, 0.3) is 0 Å². The number of nitrogens with one attached hydrogen (secondary N) is 2. The number of nitrogen functional groups attached to an aromatic ring is 1. The molecular weight excluding hydrogens is 314 g/mol. The molecule has 1 aliphatic rings. The van der Waals surface area contributed by atoms with Gasteiger partial charge in [0.2, 0.25) is 11.8 Å². The Labute approximate surface area is 148 Å². The third-order valence-electron chi connectivity index (χ3n) is 4.57. The summed E-state index contributed by atoms with van der Waals surface area (Å²) in [5, 5.41) is 10.9. The number of ether oxygens (including phenoxy) is 1. The summed E-state index contributed by atoms with van der Waals surface area (Å²) in [6.07, 6.45) is 4.80. The lowest BCUT2D eigenvalue weighted by Crippen LogP contribution is -2.26. The van der Waals surface area contributed by atoms with Crippen LogP contribution in [-0.2, 0) is 0 Å². The van der Waals surface area contributed by atoms with Crippen molar-refractivity contribution in [2.24, 2.45) is 11.7 Å². The highest BCUT2D eigenvalue weighted by Gasteiger charge is 2.19. The van der Waals surface area contributed by atoms with Gasteiger partial charge >= 0.3 is 0 Å². The molecule has 3 rings (SSSR count). The number of nitrogens with two attached hydrogens (primary N) is 1. The van der Waals surface area contributed by atoms with Crippen LogP contribution in [0, 0.1) is 18.3 Å². The molecule has 1 heterocycles. The molecule has 1 aromatic carbocycles. The van der Waals surface area contributed by atoms with Crippen molar-refractivity contribution < 1.29 is 4.74 Å². The van der Waals surface area contributed by atoms with E-state index in [9.17, 15) is 0 Å². The van der Waals surface area contributed by atoms with Gasteiger partial charge in [-0.25, -0.2) is 4.98 Å². The van der Waals surface area contributed by atoms with Gasteiger partial charge in [-0.15, -0.1) is 0 Å². The van der Waals surface area contributed by atoms with E-state index in [1.54, 1.807) is 24.3 Å². The molecule has 1 aliphatic carbocycles. The average Bonchev–Trinajstić information content (AvgIpc) is 2.57. The molecule has 25 heavy (non-hydrogen) atoms. The lowest BCUT2D eigenvalue weighted by molar-refractivity contribution is 0.360. The molecule has 4 N–H and O–H groups in total. The average molecular weight is 339 g/mol. The Kier molecular flexibility index (Phi) is 5.16. The molecule has 0 atom stereocenters. The molecule has 1 fully saturated rings. The van der Waals surface area contributed by atoms with Gasteiger partial charge in [0.15, 0.2) is 0 Å². The third-order valence-corrected chi connectivity index (χ3v) is 4.57. The van der Waals surface area contributed by atoms with Crippen LogP contribution in [0.5, 0.6) is 11.6 Å². The molecular formula is C19H25N5O. The Bertz CT molecular complexity index is 736. The van der Waals surface area contributed by atoms with Crippen molar-refractivity contribution >= 4 is 11.8 Å². The number of hydrogen-bond donors (Lipinski definition) is 3. The molecule has 1 saturated carbocycles. The molecule has 0 saturated heterocycles. The Balaban J connectivity index is 1.69. The Morgan fingerprint density at radius 1 is 1.16 bits per heavy atom. The molecule has 1 aromatic heterocycles. The van der Waals surface area contributed by atoms with E-state index in [2.05, 4.69) is 22.2 Å². The molecule has 132 valence electrons. The third kappa shape index (κ3) is 4.68. The van der Waals surface area contributed by atoms with E-state index >= 15 is 0 Å². The first-order valence-corrected chi connectivity index (χ1v) is 8.74. The second-order valence-electron chi connectivity index (χ2n) is 6.81. The highest BCUT2D eigenvalue weighted by molar-refractivity contribution is 5.94. The van der Waals surface area contributed by atoms with E-state index in [0.717, 1.165) is 24.5 Å². The maximum absolute atomic E-state index is 7.43. The van der Waals surface area contributed by atoms with Crippen molar-refractivity contribution in [3.05, 3.63) is 41.6 Å². The molecule has 2 aromatic rings. The molecule has 0 bridgehead atoms. The Morgan fingerprint density at radius 3 is 2.48 bits per heavy atom. The van der Waals surface area contributed by atoms with Gasteiger partial charge in [0.05, 0.1) is 0 Å². The number of hydrogen-bond acceptors (Lipinski definition) is 5. The summed E-state index contributed by atoms with van der Waals surface area (Å²) >= 11 is 0. The number of aryl methyl sites for hydroxylation is 1. The fraction of sp³-hybridized carbons (Fsp3) is 0.421. The second kappa shape index (κ2) is 7.51. The SMILES string of the molecule is Cc1cc(Oc2ccc(C(=N)N)cc2)nc(NC2CCC(C)CC2)n1. The highest BCUT2D eigenvalue weighted by atomic mass is 16.5. The van der Waals surface area contributed by atoms with Crippen LogP contribution in [0.25, 0.3) is 0 Å². The lowest BCUT2D eigenvalue weighted by Gasteiger charge is -2.27. The van der Waals surface area contributed by atoms with E-state index in [-0.39, 0.29) is 5.84 Å². The zero-order valence-corrected chi connectivity index (χ0v) is 14.7. The monoisotopic (exact) mass is 339 g/mol. The van der Waals surface area contributed by atoms with Crippen LogP contribution in [0.1, 0.15) is 43.9 Å². The smallest absolute Gasteiger partial charge is 0.226 e. The molecule has 0 spiro atoms. The normalized spacial score (nSPS) is 20.1. The lowest BCUT2D eigenvalue weighted by atomic mass is 9.87. The number of anilines is 1. The number of rotatable bonds is 5. The predicted octanol–water partition coefficient (Wildman–Crippen LogP) is 3.85. The number of amidine groups is 1. The Morgan fingerprint density at radius 2 is 1.84 bits per heavy atom. The first kappa shape index (κ1) is 17.2. The number of benzene rings is 1. The molecule has 0 aliphatic heterocycles. The van der Waals surface area contributed by atoms with Crippen LogP contribution in [-0.4, -0.2) is 21.8 Å². The van der Waals surface area contributed by atoms with Crippen molar-refractivity contribution in [1.82, 2.24) is 9.97 Å². The first-order valence-electron chi connectivity index (χ1n) is 8.74. The van der Waals surface area contributed by atoms with Gasteiger partial charge in [-0.3, -0.25) is 5.41 Å². The zero-order chi connectivity index (χ0) is 17.8. The van der Waals surface area contributed by atoms with Gasteiger partial charge in [-0.2, -0.15) is 4.98 Å². The molecule has 6 heteroatoms. The minimum absolute atomic E-state index is 0.0396. The van der Waals surface area contributed by atoms with E-state index in [1.807, 2.05) is 13.0 Å². The molecule has 0 amide bonds. The number of aromatic nitrogens is 2. The summed E-state index contributed by atoms with van der Waals surface area (Å²) in [7, 11) is 0. The summed E-state index contributed by atoms with van der Waals surface area (Å²) in [5.74, 6) is 2.64. The summed E-state index contributed by atoms with van der Waals surface area (Å²) in [6.45, 7) is 4.24. The van der Waals surface area contributed by atoms with E-state index in [0.29, 0.717) is 29.2 Å². The molecule has 0 unspecified atom stereocenters. The van der Waals surface area contributed by atoms with Gasteiger partial charge in [-0.05, 0) is 62.8 Å². The van der Waals surface area contributed by atoms with E-state index in [4.69, 9.17) is 15.9 Å². The van der Waals surface area contributed by atoms with Crippen LogP contribution >= 0.6 is 0 Å². The van der Waals surface area contributed by atoms with E-state index in [1.165, 1.54) is 12.8 Å². The maximum Gasteiger partial charge on any atom is 0.226 e. The number of nitrogens with zero attached hydrogens (tertiary/aromatic N) is 2.